The lowest BCUT2D eigenvalue weighted by atomic mass is 10.1. The van der Waals surface area contributed by atoms with Crippen LogP contribution in [0.5, 0.6) is 0 Å². The van der Waals surface area contributed by atoms with Crippen LogP contribution < -0.4 is 0 Å². The zero-order chi connectivity index (χ0) is 27.4. The number of fused-ring (bicyclic) bond motifs is 12. The average molecular weight is 572 g/mol. The largest absolute Gasteiger partial charge is 0.309 e. The Morgan fingerprint density at radius 3 is 1.81 bits per heavy atom. The lowest BCUT2D eigenvalue weighted by molar-refractivity contribution is 1.15. The van der Waals surface area contributed by atoms with E-state index in [0.717, 1.165) is 10.6 Å². The average Bonchev–Trinajstić information content (AvgIpc) is 3.79. The van der Waals surface area contributed by atoms with Crippen LogP contribution in [-0.4, -0.2) is 14.1 Å². The first-order chi connectivity index (χ1) is 20.8. The SMILES string of the molecule is c1ccc(-n2c3ccccc3c3c4c5ccccc5n(-c5nc6ccc7sc8ccccc8c7c6s5)c4ccc32)cc1. The second-order valence-corrected chi connectivity index (χ2v) is 12.8. The van der Waals surface area contributed by atoms with Crippen LogP contribution in [-0.2, 0) is 0 Å². The van der Waals surface area contributed by atoms with Crippen molar-refractivity contribution in [2.24, 2.45) is 0 Å². The van der Waals surface area contributed by atoms with Crippen molar-refractivity contribution in [2.45, 2.75) is 0 Å². The predicted octanol–water partition coefficient (Wildman–Crippen LogP) is 10.9. The van der Waals surface area contributed by atoms with Crippen LogP contribution in [0.25, 0.3) is 84.8 Å². The van der Waals surface area contributed by atoms with Gasteiger partial charge in [-0.3, -0.25) is 4.57 Å². The van der Waals surface area contributed by atoms with Crippen LogP contribution in [0.3, 0.4) is 0 Å². The first-order valence-electron chi connectivity index (χ1n) is 14.1. The van der Waals surface area contributed by atoms with Gasteiger partial charge in [-0.05, 0) is 54.6 Å². The second kappa shape index (κ2) is 8.29. The highest BCUT2D eigenvalue weighted by atomic mass is 32.1. The van der Waals surface area contributed by atoms with Gasteiger partial charge in [0, 0.05) is 47.4 Å². The molecule has 10 aromatic rings. The molecule has 4 aromatic heterocycles. The molecule has 42 heavy (non-hydrogen) atoms. The van der Waals surface area contributed by atoms with Gasteiger partial charge in [-0.2, -0.15) is 0 Å². The summed E-state index contributed by atoms with van der Waals surface area (Å²) in [5.74, 6) is 0. The fourth-order valence-electron chi connectivity index (χ4n) is 6.86. The third kappa shape index (κ3) is 2.91. The van der Waals surface area contributed by atoms with E-state index in [0.29, 0.717) is 0 Å². The fraction of sp³-hybridized carbons (Fsp3) is 0. The number of rotatable bonds is 2. The first-order valence-corrected chi connectivity index (χ1v) is 15.7. The van der Waals surface area contributed by atoms with E-state index in [1.54, 1.807) is 11.3 Å². The number of para-hydroxylation sites is 3. The number of thiophene rings is 1. The smallest absolute Gasteiger partial charge is 0.195 e. The molecule has 3 nitrogen and oxygen atoms in total. The Balaban J connectivity index is 1.35. The molecule has 196 valence electrons. The molecule has 0 aliphatic carbocycles. The van der Waals surface area contributed by atoms with Gasteiger partial charge in [-0.1, -0.05) is 84.1 Å². The highest BCUT2D eigenvalue weighted by Gasteiger charge is 2.22. The summed E-state index contributed by atoms with van der Waals surface area (Å²) in [6, 6.07) is 46.0. The van der Waals surface area contributed by atoms with Crippen LogP contribution in [0.4, 0.5) is 0 Å². The number of hydrogen-bond donors (Lipinski definition) is 0. The van der Waals surface area contributed by atoms with E-state index in [1.807, 2.05) is 11.3 Å². The summed E-state index contributed by atoms with van der Waals surface area (Å²) in [6.45, 7) is 0. The predicted molar refractivity (Wildman–Crippen MR) is 181 cm³/mol. The maximum Gasteiger partial charge on any atom is 0.195 e. The van der Waals surface area contributed by atoms with Gasteiger partial charge in [0.05, 0.1) is 32.3 Å². The zero-order valence-corrected chi connectivity index (χ0v) is 23.9. The molecule has 0 saturated carbocycles. The normalized spacial score (nSPS) is 12.3. The zero-order valence-electron chi connectivity index (χ0n) is 22.3. The molecular weight excluding hydrogens is 551 g/mol. The molecule has 4 heterocycles. The summed E-state index contributed by atoms with van der Waals surface area (Å²) >= 11 is 3.66. The van der Waals surface area contributed by atoms with E-state index in [4.69, 9.17) is 4.98 Å². The van der Waals surface area contributed by atoms with Crippen molar-refractivity contribution >= 4 is 96.7 Å². The Morgan fingerprint density at radius 1 is 0.429 bits per heavy atom. The molecule has 0 amide bonds. The minimum Gasteiger partial charge on any atom is -0.309 e. The quantitative estimate of drug-likeness (QED) is 0.202. The number of nitrogens with zero attached hydrogens (tertiary/aromatic N) is 3. The van der Waals surface area contributed by atoms with Crippen molar-refractivity contribution in [1.82, 2.24) is 14.1 Å². The van der Waals surface area contributed by atoms with E-state index >= 15 is 0 Å². The van der Waals surface area contributed by atoms with Gasteiger partial charge in [-0.15, -0.1) is 11.3 Å². The highest BCUT2D eigenvalue weighted by Crippen LogP contribution is 2.45. The standard InChI is InChI=1S/C37H21N3S2/c1-2-10-22(11-3-1)39-27-15-7-4-12-23(27)33-29(39)19-20-30-34(33)24-13-5-8-16-28(24)40(30)37-38-26-18-21-32-35(36(26)42-37)25-14-6-9-17-31(25)41-32/h1-21H. The molecule has 0 atom stereocenters. The molecule has 0 aliphatic heterocycles. The lowest BCUT2D eigenvalue weighted by Gasteiger charge is -2.07. The van der Waals surface area contributed by atoms with Gasteiger partial charge in [-0.25, -0.2) is 4.98 Å². The van der Waals surface area contributed by atoms with Gasteiger partial charge in [0.1, 0.15) is 0 Å². The van der Waals surface area contributed by atoms with Crippen molar-refractivity contribution in [3.05, 3.63) is 127 Å². The number of thiazole rings is 1. The number of aromatic nitrogens is 3. The third-order valence-corrected chi connectivity index (χ3v) is 10.8. The molecule has 10 rings (SSSR count). The number of hydrogen-bond acceptors (Lipinski definition) is 3. The van der Waals surface area contributed by atoms with E-state index in [-0.39, 0.29) is 0 Å². The van der Waals surface area contributed by atoms with Crippen molar-refractivity contribution < 1.29 is 0 Å². The topological polar surface area (TPSA) is 22.8 Å². The molecule has 0 unspecified atom stereocenters. The van der Waals surface area contributed by atoms with Gasteiger partial charge in [0.25, 0.3) is 0 Å². The summed E-state index contributed by atoms with van der Waals surface area (Å²) < 4.78 is 8.67. The molecule has 0 bridgehead atoms. The Kier molecular flexibility index (Phi) is 4.48. The maximum absolute atomic E-state index is 5.27. The van der Waals surface area contributed by atoms with Gasteiger partial charge in [0.15, 0.2) is 5.13 Å². The van der Waals surface area contributed by atoms with Crippen LogP contribution >= 0.6 is 22.7 Å². The summed E-state index contributed by atoms with van der Waals surface area (Å²) in [7, 11) is 0. The first kappa shape index (κ1) is 22.7. The minimum atomic E-state index is 1.00. The van der Waals surface area contributed by atoms with Gasteiger partial charge >= 0.3 is 0 Å². The van der Waals surface area contributed by atoms with Crippen LogP contribution in [0.15, 0.2) is 127 Å². The summed E-state index contributed by atoms with van der Waals surface area (Å²) in [5.41, 5.74) is 7.03. The van der Waals surface area contributed by atoms with E-state index in [2.05, 4.69) is 137 Å². The van der Waals surface area contributed by atoms with Crippen molar-refractivity contribution in [2.75, 3.05) is 0 Å². The molecule has 0 aliphatic rings. The summed E-state index contributed by atoms with van der Waals surface area (Å²) in [4.78, 5) is 5.27. The van der Waals surface area contributed by atoms with Crippen molar-refractivity contribution in [1.29, 1.82) is 0 Å². The summed E-state index contributed by atoms with van der Waals surface area (Å²) in [6.07, 6.45) is 0. The van der Waals surface area contributed by atoms with Crippen LogP contribution in [0.2, 0.25) is 0 Å². The Bertz CT molecular complexity index is 2690. The van der Waals surface area contributed by atoms with E-state index < -0.39 is 0 Å². The Hall–Kier alpha value is -4.97. The minimum absolute atomic E-state index is 1.00. The Labute approximate surface area is 248 Å². The molecule has 0 saturated heterocycles. The van der Waals surface area contributed by atoms with E-state index in [9.17, 15) is 0 Å². The molecule has 0 spiro atoms. The summed E-state index contributed by atoms with van der Waals surface area (Å²) in [5, 5.41) is 8.72. The maximum atomic E-state index is 5.27. The molecular formula is C37H21N3S2. The molecule has 0 fully saturated rings. The Morgan fingerprint density at radius 2 is 1.05 bits per heavy atom. The van der Waals surface area contributed by atoms with Crippen LogP contribution in [0, 0.1) is 0 Å². The molecule has 6 aromatic carbocycles. The lowest BCUT2D eigenvalue weighted by Crippen LogP contribution is -1.94. The number of benzene rings is 6. The second-order valence-electron chi connectivity index (χ2n) is 10.8. The third-order valence-electron chi connectivity index (χ3n) is 8.56. The monoisotopic (exact) mass is 571 g/mol. The molecule has 0 N–H and O–H groups in total. The molecule has 0 radical (unpaired) electrons. The van der Waals surface area contributed by atoms with Gasteiger partial charge in [0.2, 0.25) is 0 Å². The van der Waals surface area contributed by atoms with Gasteiger partial charge < -0.3 is 4.57 Å². The van der Waals surface area contributed by atoms with E-state index in [1.165, 1.54) is 74.2 Å². The fourth-order valence-corrected chi connectivity index (χ4v) is 9.19. The van der Waals surface area contributed by atoms with Crippen molar-refractivity contribution in [3.8, 4) is 10.8 Å². The van der Waals surface area contributed by atoms with Crippen LogP contribution in [0.1, 0.15) is 0 Å². The van der Waals surface area contributed by atoms with Crippen molar-refractivity contribution in [3.63, 3.8) is 0 Å². The molecule has 5 heteroatoms. The highest BCUT2D eigenvalue weighted by molar-refractivity contribution is 7.28.